The van der Waals surface area contributed by atoms with Gasteiger partial charge in [-0.05, 0) is 24.8 Å². The molecule has 5 heteroatoms. The van der Waals surface area contributed by atoms with Gasteiger partial charge in [-0.15, -0.1) is 0 Å². The topological polar surface area (TPSA) is 48.1 Å². The molecule has 1 fully saturated rings. The lowest BCUT2D eigenvalue weighted by Crippen LogP contribution is -2.11. The van der Waals surface area contributed by atoms with E-state index in [9.17, 15) is 10.1 Å². The monoisotopic (exact) mass is 226 g/mol. The zero-order valence-corrected chi connectivity index (χ0v) is 9.30. The summed E-state index contributed by atoms with van der Waals surface area (Å²) in [5, 5.41) is 11.6. The van der Waals surface area contributed by atoms with Crippen molar-refractivity contribution in [1.82, 2.24) is 4.57 Å². The Labute approximate surface area is 99.8 Å². The molecular weight excluding hydrogens is 215 g/mol. The van der Waals surface area contributed by atoms with Crippen molar-refractivity contribution in [3.05, 3.63) is 34.5 Å². The van der Waals surface area contributed by atoms with Crippen molar-refractivity contribution in [2.75, 3.05) is 0 Å². The van der Waals surface area contributed by atoms with Crippen LogP contribution in [0, 0.1) is 16.0 Å². The van der Waals surface area contributed by atoms with Gasteiger partial charge in [0.1, 0.15) is 7.85 Å². The van der Waals surface area contributed by atoms with Crippen LogP contribution in [0.2, 0.25) is 0 Å². The summed E-state index contributed by atoms with van der Waals surface area (Å²) in [5.74, 6) is 0.750. The van der Waals surface area contributed by atoms with E-state index in [4.69, 9.17) is 7.85 Å². The number of nitro groups is 1. The van der Waals surface area contributed by atoms with E-state index in [1.807, 2.05) is 12.3 Å². The first-order chi connectivity index (χ1) is 8.15. The summed E-state index contributed by atoms with van der Waals surface area (Å²) < 4.78 is 2.10. The maximum Gasteiger partial charge on any atom is 0.269 e. The SMILES string of the molecule is [B]c1cc([N+](=O)[O-])cc2ccn(CC3CC3)c12. The van der Waals surface area contributed by atoms with Gasteiger partial charge >= 0.3 is 0 Å². The first-order valence-electron chi connectivity index (χ1n) is 5.68. The van der Waals surface area contributed by atoms with Crippen LogP contribution in [0.15, 0.2) is 24.4 Å². The molecule has 0 N–H and O–H groups in total. The smallest absolute Gasteiger partial charge is 0.269 e. The fourth-order valence-corrected chi connectivity index (χ4v) is 2.20. The molecule has 1 aliphatic carbocycles. The molecule has 1 saturated carbocycles. The summed E-state index contributed by atoms with van der Waals surface area (Å²) in [7, 11) is 5.91. The molecule has 2 aromatic rings. The summed E-state index contributed by atoms with van der Waals surface area (Å²) >= 11 is 0. The summed E-state index contributed by atoms with van der Waals surface area (Å²) in [5.41, 5.74) is 1.46. The molecule has 17 heavy (non-hydrogen) atoms. The Kier molecular flexibility index (Phi) is 2.21. The van der Waals surface area contributed by atoms with Crippen molar-refractivity contribution in [3.8, 4) is 0 Å². The molecule has 1 aliphatic rings. The third-order valence-corrected chi connectivity index (χ3v) is 3.24. The fraction of sp³-hybridized carbons (Fsp3) is 0.333. The lowest BCUT2D eigenvalue weighted by atomic mass is 9.93. The summed E-state index contributed by atoms with van der Waals surface area (Å²) in [6.07, 6.45) is 4.50. The lowest BCUT2D eigenvalue weighted by Gasteiger charge is -2.06. The molecule has 0 spiro atoms. The van der Waals surface area contributed by atoms with E-state index in [1.165, 1.54) is 18.9 Å². The Hall–Kier alpha value is -1.78. The average molecular weight is 226 g/mol. The zero-order chi connectivity index (χ0) is 12.0. The molecule has 84 valence electrons. The molecule has 0 unspecified atom stereocenters. The number of nitrogens with zero attached hydrogens (tertiary/aromatic N) is 2. The molecule has 2 radical (unpaired) electrons. The van der Waals surface area contributed by atoms with Gasteiger partial charge in [-0.3, -0.25) is 10.1 Å². The number of aromatic nitrogens is 1. The van der Waals surface area contributed by atoms with Crippen molar-refractivity contribution in [3.63, 3.8) is 0 Å². The first-order valence-corrected chi connectivity index (χ1v) is 5.68. The van der Waals surface area contributed by atoms with Gasteiger partial charge in [-0.25, -0.2) is 0 Å². The second-order valence-corrected chi connectivity index (χ2v) is 4.64. The second kappa shape index (κ2) is 3.62. The lowest BCUT2D eigenvalue weighted by molar-refractivity contribution is -0.384. The van der Waals surface area contributed by atoms with Gasteiger partial charge < -0.3 is 4.57 Å². The molecule has 0 bridgehead atoms. The highest BCUT2D eigenvalue weighted by atomic mass is 16.6. The zero-order valence-electron chi connectivity index (χ0n) is 9.30. The van der Waals surface area contributed by atoms with Crippen molar-refractivity contribution >= 4 is 29.9 Å². The molecule has 1 aromatic heterocycles. The molecular formula is C12H11BN2O2. The van der Waals surface area contributed by atoms with Gasteiger partial charge in [-0.1, -0.05) is 5.46 Å². The van der Waals surface area contributed by atoms with Crippen LogP contribution in [-0.2, 0) is 6.54 Å². The maximum absolute atomic E-state index is 10.7. The minimum atomic E-state index is -0.409. The number of non-ortho nitro benzene ring substituents is 1. The Morgan fingerprint density at radius 2 is 2.24 bits per heavy atom. The molecule has 1 aromatic carbocycles. The number of hydrogen-bond acceptors (Lipinski definition) is 2. The van der Waals surface area contributed by atoms with E-state index >= 15 is 0 Å². The van der Waals surface area contributed by atoms with Crippen LogP contribution in [0.25, 0.3) is 10.9 Å². The van der Waals surface area contributed by atoms with Gasteiger partial charge in [0.15, 0.2) is 0 Å². The van der Waals surface area contributed by atoms with E-state index in [0.29, 0.717) is 5.46 Å². The molecule has 0 amide bonds. The minimum Gasteiger partial charge on any atom is -0.348 e. The molecule has 0 aliphatic heterocycles. The Morgan fingerprint density at radius 3 is 2.88 bits per heavy atom. The number of fused-ring (bicyclic) bond motifs is 1. The summed E-state index contributed by atoms with van der Waals surface area (Å²) in [4.78, 5) is 10.3. The van der Waals surface area contributed by atoms with E-state index in [-0.39, 0.29) is 5.69 Å². The number of benzene rings is 1. The summed E-state index contributed by atoms with van der Waals surface area (Å²) in [6, 6.07) is 4.90. The van der Waals surface area contributed by atoms with Crippen LogP contribution in [0.5, 0.6) is 0 Å². The molecule has 3 rings (SSSR count). The van der Waals surface area contributed by atoms with Gasteiger partial charge in [0.2, 0.25) is 0 Å². The van der Waals surface area contributed by atoms with Gasteiger partial charge in [0.05, 0.1) is 4.92 Å². The van der Waals surface area contributed by atoms with E-state index in [0.717, 1.165) is 23.4 Å². The highest BCUT2D eigenvalue weighted by Gasteiger charge is 2.22. The largest absolute Gasteiger partial charge is 0.348 e. The van der Waals surface area contributed by atoms with Crippen LogP contribution >= 0.6 is 0 Å². The Balaban J connectivity index is 2.11. The Bertz CT molecular complexity index is 602. The molecule has 4 nitrogen and oxygen atoms in total. The minimum absolute atomic E-state index is 0.0548. The highest BCUT2D eigenvalue weighted by Crippen LogP contribution is 2.32. The normalized spacial score (nSPS) is 15.3. The fourth-order valence-electron chi connectivity index (χ4n) is 2.20. The summed E-state index contributed by atoms with van der Waals surface area (Å²) in [6.45, 7) is 0.964. The molecule has 0 atom stereocenters. The Morgan fingerprint density at radius 1 is 1.47 bits per heavy atom. The van der Waals surface area contributed by atoms with E-state index < -0.39 is 4.92 Å². The van der Waals surface area contributed by atoms with E-state index in [2.05, 4.69) is 4.57 Å². The van der Waals surface area contributed by atoms with Crippen LogP contribution in [0.1, 0.15) is 12.8 Å². The second-order valence-electron chi connectivity index (χ2n) is 4.64. The molecule has 0 saturated heterocycles. The van der Waals surface area contributed by atoms with Crippen LogP contribution in [0.3, 0.4) is 0 Å². The predicted octanol–water partition coefficient (Wildman–Crippen LogP) is 1.75. The third-order valence-electron chi connectivity index (χ3n) is 3.24. The maximum atomic E-state index is 10.7. The predicted molar refractivity (Wildman–Crippen MR) is 66.7 cm³/mol. The van der Waals surface area contributed by atoms with Crippen molar-refractivity contribution in [1.29, 1.82) is 0 Å². The quantitative estimate of drug-likeness (QED) is 0.454. The van der Waals surface area contributed by atoms with Crippen molar-refractivity contribution in [2.45, 2.75) is 19.4 Å². The first kappa shape index (κ1) is 10.4. The average Bonchev–Trinajstić information content (AvgIpc) is 2.98. The highest BCUT2D eigenvalue weighted by molar-refractivity contribution is 6.38. The number of hydrogen-bond donors (Lipinski definition) is 0. The van der Waals surface area contributed by atoms with Gasteiger partial charge in [0, 0.05) is 35.8 Å². The van der Waals surface area contributed by atoms with Crippen LogP contribution in [-0.4, -0.2) is 17.3 Å². The molecule has 1 heterocycles. The van der Waals surface area contributed by atoms with Crippen LogP contribution in [0.4, 0.5) is 5.69 Å². The van der Waals surface area contributed by atoms with Gasteiger partial charge in [0.25, 0.3) is 5.69 Å². The number of nitro benzene ring substituents is 1. The van der Waals surface area contributed by atoms with Crippen LogP contribution < -0.4 is 5.46 Å². The standard InChI is InChI=1S/C12H11BN2O2/c13-11-6-10(15(16)17)5-9-3-4-14(12(9)11)7-8-1-2-8/h3-6,8H,1-2,7H2. The number of rotatable bonds is 3. The van der Waals surface area contributed by atoms with Gasteiger partial charge in [-0.2, -0.15) is 0 Å². The third kappa shape index (κ3) is 1.81. The van der Waals surface area contributed by atoms with Crippen molar-refractivity contribution < 1.29 is 4.92 Å². The van der Waals surface area contributed by atoms with Crippen molar-refractivity contribution in [2.24, 2.45) is 5.92 Å². The van der Waals surface area contributed by atoms with E-state index in [1.54, 1.807) is 6.07 Å².